The van der Waals surface area contributed by atoms with Crippen molar-refractivity contribution in [2.24, 2.45) is 0 Å². The third kappa shape index (κ3) is 3.54. The van der Waals surface area contributed by atoms with E-state index in [1.165, 1.54) is 11.3 Å². The van der Waals surface area contributed by atoms with Crippen LogP contribution in [-0.4, -0.2) is 17.0 Å². The first-order valence-electron chi connectivity index (χ1n) is 5.28. The Bertz CT molecular complexity index is 513. The molecule has 0 radical (unpaired) electrons. The third-order valence-corrected chi connectivity index (χ3v) is 3.38. The van der Waals surface area contributed by atoms with E-state index >= 15 is 0 Å². The highest BCUT2D eigenvalue weighted by Gasteiger charge is 2.15. The first kappa shape index (κ1) is 13.0. The summed E-state index contributed by atoms with van der Waals surface area (Å²) in [6.45, 7) is 1.70. The number of hydrogen-bond donors (Lipinski definition) is 1. The molecular weight excluding hydrogens is 316 g/mol. The van der Waals surface area contributed by atoms with Gasteiger partial charge >= 0.3 is 0 Å². The van der Waals surface area contributed by atoms with Crippen molar-refractivity contribution in [3.8, 4) is 5.75 Å². The molecule has 1 aromatic heterocycles. The van der Waals surface area contributed by atoms with Gasteiger partial charge in [-0.1, -0.05) is 15.9 Å². The van der Waals surface area contributed by atoms with E-state index in [0.717, 1.165) is 4.47 Å². The van der Waals surface area contributed by atoms with Crippen LogP contribution in [0, 0.1) is 0 Å². The maximum Gasteiger partial charge on any atom is 0.266 e. The summed E-state index contributed by atoms with van der Waals surface area (Å²) in [5, 5.41) is 5.06. The van der Waals surface area contributed by atoms with E-state index < -0.39 is 6.10 Å². The molecule has 0 fully saturated rings. The van der Waals surface area contributed by atoms with Crippen molar-refractivity contribution in [3.05, 3.63) is 40.3 Å². The van der Waals surface area contributed by atoms with Crippen LogP contribution in [-0.2, 0) is 4.79 Å². The Hall–Kier alpha value is -1.40. The number of nitrogens with one attached hydrogen (secondary N) is 1. The van der Waals surface area contributed by atoms with E-state index in [-0.39, 0.29) is 5.91 Å². The first-order chi connectivity index (χ1) is 8.65. The normalized spacial score (nSPS) is 11.9. The number of anilines is 1. The van der Waals surface area contributed by atoms with E-state index in [1.807, 2.05) is 12.1 Å². The molecule has 1 amide bonds. The average Bonchev–Trinajstić information content (AvgIpc) is 2.85. The van der Waals surface area contributed by atoms with Crippen molar-refractivity contribution in [2.45, 2.75) is 13.0 Å². The lowest BCUT2D eigenvalue weighted by Gasteiger charge is -2.13. The van der Waals surface area contributed by atoms with Crippen molar-refractivity contribution in [2.75, 3.05) is 5.32 Å². The smallest absolute Gasteiger partial charge is 0.266 e. The summed E-state index contributed by atoms with van der Waals surface area (Å²) in [6, 6.07) is 7.33. The summed E-state index contributed by atoms with van der Waals surface area (Å²) in [7, 11) is 0. The number of halogens is 1. The van der Waals surface area contributed by atoms with Crippen molar-refractivity contribution >= 4 is 38.3 Å². The molecule has 1 N–H and O–H groups in total. The highest BCUT2D eigenvalue weighted by Crippen LogP contribution is 2.18. The van der Waals surface area contributed by atoms with Gasteiger partial charge in [0.25, 0.3) is 5.91 Å². The quantitative estimate of drug-likeness (QED) is 0.937. The predicted molar refractivity (Wildman–Crippen MR) is 75.0 cm³/mol. The predicted octanol–water partition coefficient (Wildman–Crippen LogP) is 3.31. The molecule has 1 aromatic carbocycles. The molecule has 1 atom stereocenters. The monoisotopic (exact) mass is 326 g/mol. The largest absolute Gasteiger partial charge is 0.481 e. The van der Waals surface area contributed by atoms with Gasteiger partial charge in [-0.25, -0.2) is 4.98 Å². The fraction of sp³-hybridized carbons (Fsp3) is 0.167. The van der Waals surface area contributed by atoms with Crippen LogP contribution in [0.25, 0.3) is 0 Å². The van der Waals surface area contributed by atoms with Gasteiger partial charge in [-0.2, -0.15) is 0 Å². The lowest BCUT2D eigenvalue weighted by molar-refractivity contribution is -0.122. The molecule has 0 aliphatic heterocycles. The minimum absolute atomic E-state index is 0.215. The number of hydrogen-bond acceptors (Lipinski definition) is 4. The number of thiazole rings is 1. The number of nitrogens with zero attached hydrogens (tertiary/aromatic N) is 1. The van der Waals surface area contributed by atoms with E-state index in [0.29, 0.717) is 10.9 Å². The van der Waals surface area contributed by atoms with Crippen molar-refractivity contribution in [3.63, 3.8) is 0 Å². The van der Waals surface area contributed by atoms with Crippen LogP contribution in [0.2, 0.25) is 0 Å². The summed E-state index contributed by atoms with van der Waals surface area (Å²) in [5.74, 6) is 0.438. The van der Waals surface area contributed by atoms with E-state index in [9.17, 15) is 4.79 Å². The zero-order valence-electron chi connectivity index (χ0n) is 9.59. The summed E-state index contributed by atoms with van der Waals surface area (Å²) in [6.07, 6.45) is 1.07. The van der Waals surface area contributed by atoms with Crippen molar-refractivity contribution in [1.29, 1.82) is 0 Å². The number of carbonyl (C=O) groups excluding carboxylic acids is 1. The number of rotatable bonds is 4. The van der Waals surface area contributed by atoms with Gasteiger partial charge in [0.2, 0.25) is 0 Å². The maximum absolute atomic E-state index is 11.8. The van der Waals surface area contributed by atoms with Gasteiger partial charge in [-0.3, -0.25) is 10.1 Å². The van der Waals surface area contributed by atoms with E-state index in [2.05, 4.69) is 26.2 Å². The summed E-state index contributed by atoms with van der Waals surface area (Å²) >= 11 is 4.71. The number of benzene rings is 1. The minimum Gasteiger partial charge on any atom is -0.481 e. The molecule has 0 saturated heterocycles. The van der Waals surface area contributed by atoms with Gasteiger partial charge in [-0.15, -0.1) is 11.3 Å². The summed E-state index contributed by atoms with van der Waals surface area (Å²) in [5.41, 5.74) is 0. The van der Waals surface area contributed by atoms with Gasteiger partial charge in [0, 0.05) is 16.0 Å². The first-order valence-corrected chi connectivity index (χ1v) is 6.95. The van der Waals surface area contributed by atoms with Gasteiger partial charge < -0.3 is 4.74 Å². The second-order valence-electron chi connectivity index (χ2n) is 3.54. The standard InChI is InChI=1S/C12H11BrN2O2S/c1-8(11(16)15-12-14-6-7-18-12)17-10-4-2-9(13)3-5-10/h2-8H,1H3,(H,14,15,16)/t8-/m1/s1. The van der Waals surface area contributed by atoms with Gasteiger partial charge in [-0.05, 0) is 31.2 Å². The Morgan fingerprint density at radius 2 is 2.17 bits per heavy atom. The zero-order valence-corrected chi connectivity index (χ0v) is 12.0. The second kappa shape index (κ2) is 5.97. The molecule has 1 heterocycles. The highest BCUT2D eigenvalue weighted by atomic mass is 79.9. The number of aromatic nitrogens is 1. The Morgan fingerprint density at radius 3 is 2.78 bits per heavy atom. The van der Waals surface area contributed by atoms with E-state index in [1.54, 1.807) is 30.6 Å². The van der Waals surface area contributed by atoms with Crippen LogP contribution in [0.15, 0.2) is 40.3 Å². The summed E-state index contributed by atoms with van der Waals surface area (Å²) < 4.78 is 6.49. The van der Waals surface area contributed by atoms with Crippen LogP contribution in [0.5, 0.6) is 5.75 Å². The minimum atomic E-state index is -0.574. The van der Waals surface area contributed by atoms with Gasteiger partial charge in [0.1, 0.15) is 5.75 Å². The fourth-order valence-corrected chi connectivity index (χ4v) is 2.06. The van der Waals surface area contributed by atoms with Crippen molar-refractivity contribution < 1.29 is 9.53 Å². The molecule has 0 aliphatic rings. The maximum atomic E-state index is 11.8. The topological polar surface area (TPSA) is 51.2 Å². The molecule has 6 heteroatoms. The molecular formula is C12H11BrN2O2S. The van der Waals surface area contributed by atoms with Crippen LogP contribution >= 0.6 is 27.3 Å². The highest BCUT2D eigenvalue weighted by molar-refractivity contribution is 9.10. The molecule has 0 aliphatic carbocycles. The number of amides is 1. The molecule has 0 bridgehead atoms. The number of ether oxygens (including phenoxy) is 1. The van der Waals surface area contributed by atoms with Crippen LogP contribution in [0.4, 0.5) is 5.13 Å². The van der Waals surface area contributed by atoms with Crippen LogP contribution in [0.1, 0.15) is 6.92 Å². The molecule has 4 nitrogen and oxygen atoms in total. The van der Waals surface area contributed by atoms with Crippen molar-refractivity contribution in [1.82, 2.24) is 4.98 Å². The Kier molecular flexibility index (Phi) is 4.33. The lowest BCUT2D eigenvalue weighted by Crippen LogP contribution is -2.30. The van der Waals surface area contributed by atoms with Gasteiger partial charge in [0.15, 0.2) is 11.2 Å². The second-order valence-corrected chi connectivity index (χ2v) is 5.35. The molecule has 2 rings (SSSR count). The third-order valence-electron chi connectivity index (χ3n) is 2.16. The van der Waals surface area contributed by atoms with E-state index in [4.69, 9.17) is 4.74 Å². The molecule has 2 aromatic rings. The average molecular weight is 327 g/mol. The van der Waals surface area contributed by atoms with Crippen LogP contribution in [0.3, 0.4) is 0 Å². The molecule has 18 heavy (non-hydrogen) atoms. The molecule has 0 unspecified atom stereocenters. The fourth-order valence-electron chi connectivity index (χ4n) is 1.26. The molecule has 0 saturated carbocycles. The summed E-state index contributed by atoms with van der Waals surface area (Å²) in [4.78, 5) is 15.8. The Morgan fingerprint density at radius 1 is 1.44 bits per heavy atom. The number of carbonyl (C=O) groups is 1. The molecule has 0 spiro atoms. The van der Waals surface area contributed by atoms with Gasteiger partial charge in [0.05, 0.1) is 0 Å². The SMILES string of the molecule is C[C@@H](Oc1ccc(Br)cc1)C(=O)Nc1nccs1. The van der Waals surface area contributed by atoms with Crippen LogP contribution < -0.4 is 10.1 Å². The lowest BCUT2D eigenvalue weighted by atomic mass is 10.3. The zero-order chi connectivity index (χ0) is 13.0. The molecule has 94 valence electrons. The Labute approximate surface area is 117 Å². The Balaban J connectivity index is 1.93.